The SMILES string of the molecule is CSc1ncc(C(=O)NC[C@@H](c2cccs2)N2CCOCC2)n1-c1ccc(F)cc1. The zero-order valence-electron chi connectivity index (χ0n) is 16.6. The minimum Gasteiger partial charge on any atom is -0.379 e. The minimum absolute atomic E-state index is 0.0973. The van der Waals surface area contributed by atoms with E-state index in [0.717, 1.165) is 13.1 Å². The highest BCUT2D eigenvalue weighted by molar-refractivity contribution is 7.98. The van der Waals surface area contributed by atoms with Gasteiger partial charge in [-0.3, -0.25) is 14.3 Å². The van der Waals surface area contributed by atoms with Crippen LogP contribution >= 0.6 is 23.1 Å². The lowest BCUT2D eigenvalue weighted by Gasteiger charge is -2.34. The fraction of sp³-hybridized carbons (Fsp3) is 0.333. The topological polar surface area (TPSA) is 59.4 Å². The van der Waals surface area contributed by atoms with E-state index in [9.17, 15) is 9.18 Å². The van der Waals surface area contributed by atoms with Crippen LogP contribution in [-0.2, 0) is 4.74 Å². The molecule has 30 heavy (non-hydrogen) atoms. The van der Waals surface area contributed by atoms with Crippen LogP contribution < -0.4 is 5.32 Å². The Balaban J connectivity index is 1.54. The minimum atomic E-state index is -0.320. The van der Waals surface area contributed by atoms with Gasteiger partial charge in [-0.2, -0.15) is 0 Å². The van der Waals surface area contributed by atoms with Gasteiger partial charge in [0.2, 0.25) is 0 Å². The second-order valence-corrected chi connectivity index (χ2v) is 8.58. The molecule has 1 saturated heterocycles. The first-order valence-electron chi connectivity index (χ1n) is 9.68. The van der Waals surface area contributed by atoms with E-state index in [4.69, 9.17) is 4.74 Å². The first-order chi connectivity index (χ1) is 14.7. The van der Waals surface area contributed by atoms with Gasteiger partial charge in [0, 0.05) is 30.2 Å². The fourth-order valence-corrected chi connectivity index (χ4v) is 4.94. The van der Waals surface area contributed by atoms with Crippen molar-refractivity contribution in [2.24, 2.45) is 0 Å². The van der Waals surface area contributed by atoms with Crippen molar-refractivity contribution in [2.75, 3.05) is 39.1 Å². The summed E-state index contributed by atoms with van der Waals surface area (Å²) >= 11 is 3.13. The van der Waals surface area contributed by atoms with Crippen molar-refractivity contribution in [3.05, 3.63) is 64.4 Å². The van der Waals surface area contributed by atoms with Crippen molar-refractivity contribution in [3.8, 4) is 5.69 Å². The van der Waals surface area contributed by atoms with E-state index < -0.39 is 0 Å². The molecule has 1 aliphatic rings. The first-order valence-corrected chi connectivity index (χ1v) is 11.8. The van der Waals surface area contributed by atoms with Gasteiger partial charge in [0.05, 0.1) is 25.5 Å². The first kappa shape index (κ1) is 21.0. The average molecular weight is 447 g/mol. The van der Waals surface area contributed by atoms with Crippen molar-refractivity contribution >= 4 is 29.0 Å². The number of morpholine rings is 1. The van der Waals surface area contributed by atoms with Crippen molar-refractivity contribution in [1.29, 1.82) is 0 Å². The van der Waals surface area contributed by atoms with Gasteiger partial charge >= 0.3 is 0 Å². The molecule has 1 fully saturated rings. The predicted molar refractivity (Wildman–Crippen MR) is 117 cm³/mol. The quantitative estimate of drug-likeness (QED) is 0.562. The summed E-state index contributed by atoms with van der Waals surface area (Å²) in [4.78, 5) is 21.0. The van der Waals surface area contributed by atoms with Crippen LogP contribution in [0.15, 0.2) is 53.1 Å². The van der Waals surface area contributed by atoms with E-state index in [-0.39, 0.29) is 17.8 Å². The summed E-state index contributed by atoms with van der Waals surface area (Å²) in [5.41, 5.74) is 1.13. The van der Waals surface area contributed by atoms with Gasteiger partial charge in [0.1, 0.15) is 11.5 Å². The highest BCUT2D eigenvalue weighted by Gasteiger charge is 2.25. The highest BCUT2D eigenvalue weighted by Crippen LogP contribution is 2.26. The van der Waals surface area contributed by atoms with Gasteiger partial charge in [0.25, 0.3) is 5.91 Å². The Morgan fingerprint density at radius 2 is 2.07 bits per heavy atom. The largest absolute Gasteiger partial charge is 0.379 e. The van der Waals surface area contributed by atoms with Crippen LogP contribution in [0.4, 0.5) is 4.39 Å². The molecule has 3 heterocycles. The van der Waals surface area contributed by atoms with Crippen molar-refractivity contribution in [3.63, 3.8) is 0 Å². The van der Waals surface area contributed by atoms with E-state index in [1.165, 1.54) is 28.8 Å². The highest BCUT2D eigenvalue weighted by atomic mass is 32.2. The number of carbonyl (C=O) groups excluding carboxylic acids is 1. The Hall–Kier alpha value is -2.20. The Labute approximate surface area is 183 Å². The Morgan fingerprint density at radius 1 is 1.30 bits per heavy atom. The third-order valence-corrected chi connectivity index (χ3v) is 6.67. The number of nitrogens with zero attached hydrogens (tertiary/aromatic N) is 3. The Bertz CT molecular complexity index is 970. The molecule has 0 aliphatic carbocycles. The standard InChI is InChI=1S/C21H23FN4O2S2/c1-29-21-24-14-18(26(21)16-6-4-15(22)5-7-16)20(27)23-13-17(19-3-2-12-30-19)25-8-10-28-11-9-25/h2-7,12,14,17H,8-11,13H2,1H3,(H,23,27)/t17-/m0/s1. The molecule has 0 saturated carbocycles. The second-order valence-electron chi connectivity index (χ2n) is 6.83. The summed E-state index contributed by atoms with van der Waals surface area (Å²) in [5.74, 6) is -0.526. The number of ether oxygens (including phenoxy) is 1. The number of hydrogen-bond donors (Lipinski definition) is 1. The number of nitrogens with one attached hydrogen (secondary N) is 1. The van der Waals surface area contributed by atoms with Crippen LogP contribution in [0.25, 0.3) is 5.69 Å². The molecule has 3 aromatic rings. The number of hydrogen-bond acceptors (Lipinski definition) is 6. The molecule has 2 aromatic heterocycles. The zero-order chi connectivity index (χ0) is 20.9. The number of carbonyl (C=O) groups is 1. The van der Waals surface area contributed by atoms with Crippen LogP contribution in [0.1, 0.15) is 21.4 Å². The normalized spacial score (nSPS) is 15.8. The molecule has 4 rings (SSSR count). The molecule has 0 radical (unpaired) electrons. The summed E-state index contributed by atoms with van der Waals surface area (Å²) in [5, 5.41) is 5.81. The zero-order valence-corrected chi connectivity index (χ0v) is 18.2. The number of aromatic nitrogens is 2. The third kappa shape index (κ3) is 4.59. The monoisotopic (exact) mass is 446 g/mol. The van der Waals surface area contributed by atoms with Gasteiger partial charge < -0.3 is 10.1 Å². The molecule has 1 aromatic carbocycles. The lowest BCUT2D eigenvalue weighted by molar-refractivity contribution is 0.0169. The summed E-state index contributed by atoms with van der Waals surface area (Å²) in [6.45, 7) is 3.56. The third-order valence-electron chi connectivity index (χ3n) is 5.04. The summed E-state index contributed by atoms with van der Waals surface area (Å²) in [6.07, 6.45) is 3.47. The van der Waals surface area contributed by atoms with Crippen LogP contribution in [-0.4, -0.2) is 59.5 Å². The second kappa shape index (κ2) is 9.74. The molecular weight excluding hydrogens is 423 g/mol. The number of amides is 1. The maximum atomic E-state index is 13.4. The predicted octanol–water partition coefficient (Wildman–Crippen LogP) is 3.60. The van der Waals surface area contributed by atoms with E-state index >= 15 is 0 Å². The number of thioether (sulfide) groups is 1. The number of benzene rings is 1. The lowest BCUT2D eigenvalue weighted by Crippen LogP contribution is -2.43. The molecule has 0 spiro atoms. The maximum absolute atomic E-state index is 13.4. The maximum Gasteiger partial charge on any atom is 0.270 e. The molecule has 9 heteroatoms. The van der Waals surface area contributed by atoms with Gasteiger partial charge in [-0.15, -0.1) is 11.3 Å². The Morgan fingerprint density at radius 3 is 2.73 bits per heavy atom. The van der Waals surface area contributed by atoms with Gasteiger partial charge in [0.15, 0.2) is 5.16 Å². The van der Waals surface area contributed by atoms with Gasteiger partial charge in [-0.25, -0.2) is 9.37 Å². The molecule has 1 N–H and O–H groups in total. The molecule has 1 aliphatic heterocycles. The van der Waals surface area contributed by atoms with Gasteiger partial charge in [-0.05, 0) is 42.0 Å². The molecule has 0 unspecified atom stereocenters. The molecular formula is C21H23FN4O2S2. The lowest BCUT2D eigenvalue weighted by atomic mass is 10.2. The van der Waals surface area contributed by atoms with E-state index in [2.05, 4.69) is 26.6 Å². The molecule has 1 atom stereocenters. The van der Waals surface area contributed by atoms with Crippen LogP contribution in [0.5, 0.6) is 0 Å². The van der Waals surface area contributed by atoms with Crippen molar-refractivity contribution in [1.82, 2.24) is 19.8 Å². The van der Waals surface area contributed by atoms with E-state index in [1.54, 1.807) is 34.2 Å². The van der Waals surface area contributed by atoms with Crippen molar-refractivity contribution < 1.29 is 13.9 Å². The van der Waals surface area contributed by atoms with E-state index in [0.29, 0.717) is 36.3 Å². The number of imidazole rings is 1. The molecule has 6 nitrogen and oxygen atoms in total. The van der Waals surface area contributed by atoms with Crippen LogP contribution in [0.3, 0.4) is 0 Å². The summed E-state index contributed by atoms with van der Waals surface area (Å²) in [7, 11) is 0. The van der Waals surface area contributed by atoms with Crippen molar-refractivity contribution in [2.45, 2.75) is 11.2 Å². The van der Waals surface area contributed by atoms with Crippen LogP contribution in [0.2, 0.25) is 0 Å². The number of rotatable bonds is 7. The summed E-state index contributed by atoms with van der Waals surface area (Å²) < 4.78 is 20.6. The number of halogens is 1. The van der Waals surface area contributed by atoms with Crippen LogP contribution in [0, 0.1) is 5.82 Å². The molecule has 0 bridgehead atoms. The molecule has 1 amide bonds. The van der Waals surface area contributed by atoms with Gasteiger partial charge in [-0.1, -0.05) is 17.8 Å². The smallest absolute Gasteiger partial charge is 0.270 e. The summed E-state index contributed by atoms with van der Waals surface area (Å²) in [6, 6.07) is 10.3. The number of thiophene rings is 1. The Kier molecular flexibility index (Phi) is 6.83. The fourth-order valence-electron chi connectivity index (χ4n) is 3.54. The average Bonchev–Trinajstić information content (AvgIpc) is 3.45. The van der Waals surface area contributed by atoms with E-state index in [1.807, 2.05) is 12.3 Å². The molecule has 158 valence electrons.